The van der Waals surface area contributed by atoms with E-state index >= 15 is 0 Å². The topological polar surface area (TPSA) is 73.8 Å². The minimum atomic E-state index is -3.45. The van der Waals surface area contributed by atoms with Crippen molar-refractivity contribution in [1.29, 1.82) is 0 Å². The maximum absolute atomic E-state index is 12.9. The number of piperazine rings is 1. The van der Waals surface area contributed by atoms with Gasteiger partial charge in [0.05, 0.1) is 4.90 Å². The second-order valence-electron chi connectivity index (χ2n) is 8.22. The molecule has 7 nitrogen and oxygen atoms in total. The first kappa shape index (κ1) is 22.5. The Morgan fingerprint density at radius 2 is 1.53 bits per heavy atom. The van der Waals surface area contributed by atoms with Crippen molar-refractivity contribution in [2.24, 2.45) is 0 Å². The monoisotopic (exact) mass is 454 g/mol. The third-order valence-electron chi connectivity index (χ3n) is 6.07. The highest BCUT2D eigenvalue weighted by atomic mass is 32.2. The van der Waals surface area contributed by atoms with Gasteiger partial charge >= 0.3 is 0 Å². The molecule has 2 aliphatic rings. The number of pyridine rings is 1. The Labute approximate surface area is 190 Å². The SMILES string of the molecule is O=C(C=Cc1ccc(S(=O)(=O)N2CCCCCC2)cc1)N1CCN(c2ccccn2)CC1. The van der Waals surface area contributed by atoms with Crippen molar-refractivity contribution < 1.29 is 13.2 Å². The fourth-order valence-electron chi connectivity index (χ4n) is 4.15. The van der Waals surface area contributed by atoms with Gasteiger partial charge in [-0.05, 0) is 48.7 Å². The lowest BCUT2D eigenvalue weighted by Gasteiger charge is -2.34. The van der Waals surface area contributed by atoms with Gasteiger partial charge in [-0.1, -0.05) is 31.0 Å². The van der Waals surface area contributed by atoms with E-state index in [-0.39, 0.29) is 5.91 Å². The van der Waals surface area contributed by atoms with Crippen molar-refractivity contribution in [3.05, 3.63) is 60.3 Å². The zero-order valence-corrected chi connectivity index (χ0v) is 19.1. The largest absolute Gasteiger partial charge is 0.353 e. The molecule has 3 heterocycles. The summed E-state index contributed by atoms with van der Waals surface area (Å²) in [6.45, 7) is 3.97. The molecule has 0 saturated carbocycles. The van der Waals surface area contributed by atoms with Gasteiger partial charge in [0.1, 0.15) is 5.82 Å². The molecule has 8 heteroatoms. The van der Waals surface area contributed by atoms with Gasteiger partial charge in [0.2, 0.25) is 15.9 Å². The van der Waals surface area contributed by atoms with Gasteiger partial charge in [-0.15, -0.1) is 0 Å². The minimum absolute atomic E-state index is 0.0352. The van der Waals surface area contributed by atoms with Crippen LogP contribution >= 0.6 is 0 Å². The van der Waals surface area contributed by atoms with Gasteiger partial charge in [0, 0.05) is 51.5 Å². The number of hydrogen-bond acceptors (Lipinski definition) is 5. The van der Waals surface area contributed by atoms with Crippen LogP contribution in [0.4, 0.5) is 5.82 Å². The summed E-state index contributed by atoms with van der Waals surface area (Å²) in [4.78, 5) is 21.3. The zero-order valence-electron chi connectivity index (χ0n) is 18.3. The van der Waals surface area contributed by atoms with Gasteiger partial charge in [-0.3, -0.25) is 4.79 Å². The highest BCUT2D eigenvalue weighted by Gasteiger charge is 2.25. The van der Waals surface area contributed by atoms with E-state index in [4.69, 9.17) is 0 Å². The molecule has 0 N–H and O–H groups in total. The summed E-state index contributed by atoms with van der Waals surface area (Å²) in [5.41, 5.74) is 0.806. The molecule has 4 rings (SSSR count). The van der Waals surface area contributed by atoms with Crippen LogP contribution in [-0.2, 0) is 14.8 Å². The van der Waals surface area contributed by atoms with Crippen LogP contribution in [0, 0.1) is 0 Å². The molecule has 1 aromatic heterocycles. The van der Waals surface area contributed by atoms with Crippen LogP contribution in [0.15, 0.2) is 59.6 Å². The molecule has 32 heavy (non-hydrogen) atoms. The van der Waals surface area contributed by atoms with E-state index in [2.05, 4.69) is 9.88 Å². The fraction of sp³-hybridized carbons (Fsp3) is 0.417. The lowest BCUT2D eigenvalue weighted by molar-refractivity contribution is -0.126. The first-order chi connectivity index (χ1) is 15.5. The summed E-state index contributed by atoms with van der Waals surface area (Å²) in [7, 11) is -3.45. The number of amides is 1. The summed E-state index contributed by atoms with van der Waals surface area (Å²) >= 11 is 0. The van der Waals surface area contributed by atoms with Crippen molar-refractivity contribution in [2.45, 2.75) is 30.6 Å². The molecular weight excluding hydrogens is 424 g/mol. The van der Waals surface area contributed by atoms with E-state index in [1.165, 1.54) is 0 Å². The average Bonchev–Trinajstić information content (AvgIpc) is 3.14. The zero-order chi connectivity index (χ0) is 22.4. The van der Waals surface area contributed by atoms with Crippen LogP contribution in [0.5, 0.6) is 0 Å². The highest BCUT2D eigenvalue weighted by molar-refractivity contribution is 7.89. The third-order valence-corrected chi connectivity index (χ3v) is 7.98. The van der Waals surface area contributed by atoms with Crippen LogP contribution in [-0.4, -0.2) is 67.8 Å². The minimum Gasteiger partial charge on any atom is -0.353 e. The first-order valence-corrected chi connectivity index (χ1v) is 12.7. The summed E-state index contributed by atoms with van der Waals surface area (Å²) in [5.74, 6) is 0.900. The second-order valence-corrected chi connectivity index (χ2v) is 10.2. The molecule has 2 aliphatic heterocycles. The Balaban J connectivity index is 1.33. The van der Waals surface area contributed by atoms with Gasteiger partial charge in [0.25, 0.3) is 0 Å². The quantitative estimate of drug-likeness (QED) is 0.650. The van der Waals surface area contributed by atoms with E-state index in [0.717, 1.165) is 50.2 Å². The number of rotatable bonds is 5. The molecule has 0 spiro atoms. The molecule has 2 saturated heterocycles. The van der Waals surface area contributed by atoms with Gasteiger partial charge in [0.15, 0.2) is 0 Å². The van der Waals surface area contributed by atoms with Gasteiger partial charge in [-0.2, -0.15) is 4.31 Å². The Hall–Kier alpha value is -2.71. The van der Waals surface area contributed by atoms with Gasteiger partial charge < -0.3 is 9.80 Å². The Bertz CT molecular complexity index is 1020. The Kier molecular flexibility index (Phi) is 7.22. The molecule has 0 aliphatic carbocycles. The third kappa shape index (κ3) is 5.37. The van der Waals surface area contributed by atoms with Crippen LogP contribution in [0.2, 0.25) is 0 Å². The molecule has 170 valence electrons. The Morgan fingerprint density at radius 3 is 2.16 bits per heavy atom. The van der Waals surface area contributed by atoms with E-state index in [1.54, 1.807) is 46.9 Å². The normalized spacial score (nSPS) is 18.6. The number of carbonyl (C=O) groups is 1. The molecule has 2 fully saturated rings. The molecule has 1 amide bonds. The van der Waals surface area contributed by atoms with Crippen molar-refractivity contribution in [2.75, 3.05) is 44.2 Å². The number of sulfonamides is 1. The molecule has 0 atom stereocenters. The van der Waals surface area contributed by atoms with Crippen LogP contribution in [0.3, 0.4) is 0 Å². The lowest BCUT2D eigenvalue weighted by atomic mass is 10.2. The molecule has 1 aromatic carbocycles. The molecule has 0 unspecified atom stereocenters. The van der Waals surface area contributed by atoms with Gasteiger partial charge in [-0.25, -0.2) is 13.4 Å². The van der Waals surface area contributed by atoms with Crippen molar-refractivity contribution in [3.8, 4) is 0 Å². The van der Waals surface area contributed by atoms with Crippen molar-refractivity contribution in [1.82, 2.24) is 14.2 Å². The molecule has 0 radical (unpaired) electrons. The fourth-order valence-corrected chi connectivity index (χ4v) is 5.67. The van der Waals surface area contributed by atoms with Crippen LogP contribution in [0.1, 0.15) is 31.2 Å². The highest BCUT2D eigenvalue weighted by Crippen LogP contribution is 2.21. The van der Waals surface area contributed by atoms with E-state index in [0.29, 0.717) is 31.1 Å². The number of carbonyl (C=O) groups excluding carboxylic acids is 1. The van der Waals surface area contributed by atoms with E-state index in [9.17, 15) is 13.2 Å². The van der Waals surface area contributed by atoms with Crippen molar-refractivity contribution >= 4 is 27.8 Å². The number of nitrogens with zero attached hydrogens (tertiary/aromatic N) is 4. The van der Waals surface area contributed by atoms with E-state index in [1.807, 2.05) is 23.1 Å². The summed E-state index contributed by atoms with van der Waals surface area (Å²) < 4.78 is 27.4. The number of anilines is 1. The number of benzene rings is 1. The molecule has 0 bridgehead atoms. The molecule has 2 aromatic rings. The average molecular weight is 455 g/mol. The lowest BCUT2D eigenvalue weighted by Crippen LogP contribution is -2.48. The predicted octanol–water partition coefficient (Wildman–Crippen LogP) is 3.01. The summed E-state index contributed by atoms with van der Waals surface area (Å²) in [6.07, 6.45) is 9.09. The standard InChI is InChI=1S/C24H30N4O3S/c29-24(27-19-17-26(18-20-27)23-7-3-4-14-25-23)13-10-21-8-11-22(12-9-21)32(30,31)28-15-5-1-2-6-16-28/h3-4,7-14H,1-2,5-6,15-20H2. The summed E-state index contributed by atoms with van der Waals surface area (Å²) in [5, 5.41) is 0. The molecular formula is C24H30N4O3S. The first-order valence-electron chi connectivity index (χ1n) is 11.3. The number of aromatic nitrogens is 1. The summed E-state index contributed by atoms with van der Waals surface area (Å²) in [6, 6.07) is 12.6. The van der Waals surface area contributed by atoms with Crippen LogP contribution in [0.25, 0.3) is 6.08 Å². The van der Waals surface area contributed by atoms with Crippen molar-refractivity contribution in [3.63, 3.8) is 0 Å². The number of hydrogen-bond donors (Lipinski definition) is 0. The van der Waals surface area contributed by atoms with E-state index < -0.39 is 10.0 Å². The van der Waals surface area contributed by atoms with Crippen LogP contribution < -0.4 is 4.90 Å². The smallest absolute Gasteiger partial charge is 0.246 e. The Morgan fingerprint density at radius 1 is 0.844 bits per heavy atom. The second kappa shape index (κ2) is 10.3. The maximum Gasteiger partial charge on any atom is 0.246 e. The maximum atomic E-state index is 12.9. The predicted molar refractivity (Wildman–Crippen MR) is 126 cm³/mol.